The summed E-state index contributed by atoms with van der Waals surface area (Å²) in [6.45, 7) is 4.72. The number of nitrogens with two attached hydrogens (primary N) is 1. The van der Waals surface area contributed by atoms with E-state index < -0.39 is 5.54 Å². The van der Waals surface area contributed by atoms with Crippen molar-refractivity contribution in [3.8, 4) is 0 Å². The van der Waals surface area contributed by atoms with Crippen molar-refractivity contribution in [2.75, 3.05) is 6.54 Å². The van der Waals surface area contributed by atoms with Gasteiger partial charge in [0.2, 0.25) is 5.91 Å². The van der Waals surface area contributed by atoms with Gasteiger partial charge in [0.05, 0.1) is 5.54 Å². The molecule has 0 saturated carbocycles. The van der Waals surface area contributed by atoms with E-state index in [9.17, 15) is 4.79 Å². The van der Waals surface area contributed by atoms with Gasteiger partial charge in [-0.2, -0.15) is 0 Å². The van der Waals surface area contributed by atoms with Crippen LogP contribution in [-0.4, -0.2) is 18.0 Å². The Bertz CT molecular complexity index is 337. The molecule has 3 N–H and O–H groups in total. The molecule has 1 aromatic rings. The zero-order chi connectivity index (χ0) is 12.0. The number of nitrogens with one attached hydrogen (secondary N) is 1. The van der Waals surface area contributed by atoms with Gasteiger partial charge in [-0.15, -0.1) is 0 Å². The van der Waals surface area contributed by atoms with Crippen LogP contribution in [0.25, 0.3) is 0 Å². The molecule has 0 saturated heterocycles. The van der Waals surface area contributed by atoms with Crippen molar-refractivity contribution in [3.63, 3.8) is 0 Å². The van der Waals surface area contributed by atoms with Crippen molar-refractivity contribution < 1.29 is 4.79 Å². The summed E-state index contributed by atoms with van der Waals surface area (Å²) < 4.78 is 0. The van der Waals surface area contributed by atoms with E-state index in [0.29, 0.717) is 6.42 Å². The first-order valence-corrected chi connectivity index (χ1v) is 5.67. The third-order valence-corrected chi connectivity index (χ3v) is 2.71. The first kappa shape index (κ1) is 12.7. The van der Waals surface area contributed by atoms with Gasteiger partial charge in [0, 0.05) is 0 Å². The average molecular weight is 220 g/mol. The fourth-order valence-electron chi connectivity index (χ4n) is 1.64. The van der Waals surface area contributed by atoms with Crippen LogP contribution in [0.4, 0.5) is 0 Å². The molecule has 0 heterocycles. The molecule has 1 amide bonds. The molecule has 0 aliphatic carbocycles. The quantitative estimate of drug-likeness (QED) is 0.763. The summed E-state index contributed by atoms with van der Waals surface area (Å²) in [5, 5.41) is 3.22. The number of primary amides is 1. The molecule has 3 nitrogen and oxygen atoms in total. The fourth-order valence-corrected chi connectivity index (χ4v) is 1.64. The van der Waals surface area contributed by atoms with Crippen LogP contribution >= 0.6 is 0 Å². The SMILES string of the molecule is CCCNC(C)(Cc1ccccc1)C(N)=O. The van der Waals surface area contributed by atoms with Gasteiger partial charge in [-0.25, -0.2) is 0 Å². The lowest BCUT2D eigenvalue weighted by Crippen LogP contribution is -2.54. The molecular weight excluding hydrogens is 200 g/mol. The first-order chi connectivity index (χ1) is 7.58. The van der Waals surface area contributed by atoms with Gasteiger partial charge in [-0.1, -0.05) is 37.3 Å². The van der Waals surface area contributed by atoms with E-state index in [1.807, 2.05) is 37.3 Å². The molecular formula is C13H20N2O. The van der Waals surface area contributed by atoms with Gasteiger partial charge in [0.25, 0.3) is 0 Å². The number of benzene rings is 1. The third-order valence-electron chi connectivity index (χ3n) is 2.71. The molecule has 0 radical (unpaired) electrons. The predicted molar refractivity (Wildman–Crippen MR) is 66.0 cm³/mol. The summed E-state index contributed by atoms with van der Waals surface area (Å²) in [5.41, 5.74) is 5.92. The van der Waals surface area contributed by atoms with E-state index in [1.165, 1.54) is 0 Å². The smallest absolute Gasteiger partial charge is 0.237 e. The highest BCUT2D eigenvalue weighted by Crippen LogP contribution is 2.12. The average Bonchev–Trinajstić information content (AvgIpc) is 2.27. The van der Waals surface area contributed by atoms with E-state index in [0.717, 1.165) is 18.5 Å². The van der Waals surface area contributed by atoms with Crippen LogP contribution in [0.3, 0.4) is 0 Å². The normalized spacial score (nSPS) is 14.4. The zero-order valence-electron chi connectivity index (χ0n) is 9.99. The molecule has 1 aromatic carbocycles. The maximum absolute atomic E-state index is 11.5. The van der Waals surface area contributed by atoms with Gasteiger partial charge in [-0.05, 0) is 31.9 Å². The lowest BCUT2D eigenvalue weighted by Gasteiger charge is -2.27. The summed E-state index contributed by atoms with van der Waals surface area (Å²) in [7, 11) is 0. The molecule has 0 aromatic heterocycles. The van der Waals surface area contributed by atoms with Crippen LogP contribution in [-0.2, 0) is 11.2 Å². The maximum Gasteiger partial charge on any atom is 0.237 e. The number of rotatable bonds is 6. The largest absolute Gasteiger partial charge is 0.368 e. The van der Waals surface area contributed by atoms with Crippen LogP contribution in [0.2, 0.25) is 0 Å². The predicted octanol–water partition coefficient (Wildman–Crippen LogP) is 1.47. The van der Waals surface area contributed by atoms with Gasteiger partial charge < -0.3 is 11.1 Å². The van der Waals surface area contributed by atoms with E-state index in [4.69, 9.17) is 5.73 Å². The van der Waals surface area contributed by atoms with E-state index >= 15 is 0 Å². The van der Waals surface area contributed by atoms with Crippen molar-refractivity contribution in [2.45, 2.75) is 32.2 Å². The Kier molecular flexibility index (Phi) is 4.50. The maximum atomic E-state index is 11.5. The van der Waals surface area contributed by atoms with Gasteiger partial charge in [-0.3, -0.25) is 4.79 Å². The number of hydrogen-bond donors (Lipinski definition) is 2. The Morgan fingerprint density at radius 1 is 1.38 bits per heavy atom. The molecule has 88 valence electrons. The van der Waals surface area contributed by atoms with Crippen molar-refractivity contribution >= 4 is 5.91 Å². The summed E-state index contributed by atoms with van der Waals surface area (Å²) in [6, 6.07) is 9.92. The molecule has 1 rings (SSSR count). The van der Waals surface area contributed by atoms with Crippen LogP contribution in [0.5, 0.6) is 0 Å². The van der Waals surface area contributed by atoms with Crippen molar-refractivity contribution in [3.05, 3.63) is 35.9 Å². The lowest BCUT2D eigenvalue weighted by atomic mass is 9.92. The first-order valence-electron chi connectivity index (χ1n) is 5.67. The molecule has 1 unspecified atom stereocenters. The van der Waals surface area contributed by atoms with Crippen LogP contribution in [0.1, 0.15) is 25.8 Å². The summed E-state index contributed by atoms with van der Waals surface area (Å²) >= 11 is 0. The topological polar surface area (TPSA) is 55.1 Å². The minimum atomic E-state index is -0.655. The minimum absolute atomic E-state index is 0.301. The van der Waals surface area contributed by atoms with E-state index in [-0.39, 0.29) is 5.91 Å². The Morgan fingerprint density at radius 2 is 2.00 bits per heavy atom. The molecule has 0 fully saturated rings. The second-order valence-electron chi connectivity index (χ2n) is 4.29. The highest BCUT2D eigenvalue weighted by Gasteiger charge is 2.30. The number of amides is 1. The molecule has 0 aliphatic rings. The van der Waals surface area contributed by atoms with Crippen LogP contribution < -0.4 is 11.1 Å². The van der Waals surface area contributed by atoms with Gasteiger partial charge in [0.1, 0.15) is 0 Å². The Morgan fingerprint density at radius 3 is 2.50 bits per heavy atom. The highest BCUT2D eigenvalue weighted by atomic mass is 16.1. The molecule has 16 heavy (non-hydrogen) atoms. The van der Waals surface area contributed by atoms with Crippen LogP contribution in [0.15, 0.2) is 30.3 Å². The molecule has 0 bridgehead atoms. The molecule has 3 heteroatoms. The Hall–Kier alpha value is -1.35. The molecule has 0 spiro atoms. The van der Waals surface area contributed by atoms with E-state index in [2.05, 4.69) is 12.2 Å². The molecule has 1 atom stereocenters. The van der Waals surface area contributed by atoms with Crippen molar-refractivity contribution in [1.82, 2.24) is 5.32 Å². The summed E-state index contributed by atoms with van der Waals surface area (Å²) in [4.78, 5) is 11.5. The Labute approximate surface area is 97.0 Å². The molecule has 0 aliphatic heterocycles. The highest BCUT2D eigenvalue weighted by molar-refractivity contribution is 5.84. The Balaban J connectivity index is 2.75. The van der Waals surface area contributed by atoms with Crippen LogP contribution in [0, 0.1) is 0 Å². The summed E-state index contributed by atoms with van der Waals surface area (Å²) in [5.74, 6) is -0.301. The minimum Gasteiger partial charge on any atom is -0.368 e. The van der Waals surface area contributed by atoms with Crippen molar-refractivity contribution in [1.29, 1.82) is 0 Å². The number of carbonyl (C=O) groups is 1. The van der Waals surface area contributed by atoms with Gasteiger partial charge >= 0.3 is 0 Å². The second kappa shape index (κ2) is 5.66. The van der Waals surface area contributed by atoms with Gasteiger partial charge in [0.15, 0.2) is 0 Å². The number of carbonyl (C=O) groups excluding carboxylic acids is 1. The number of hydrogen-bond acceptors (Lipinski definition) is 2. The fraction of sp³-hybridized carbons (Fsp3) is 0.462. The van der Waals surface area contributed by atoms with Crippen molar-refractivity contribution in [2.24, 2.45) is 5.73 Å². The third kappa shape index (κ3) is 3.35. The van der Waals surface area contributed by atoms with E-state index in [1.54, 1.807) is 0 Å². The summed E-state index contributed by atoms with van der Waals surface area (Å²) in [6.07, 6.45) is 1.61. The standard InChI is InChI=1S/C13H20N2O/c1-3-9-15-13(2,12(14)16)10-11-7-5-4-6-8-11/h4-8,15H,3,9-10H2,1-2H3,(H2,14,16). The monoisotopic (exact) mass is 220 g/mol. The second-order valence-corrected chi connectivity index (χ2v) is 4.29. The lowest BCUT2D eigenvalue weighted by molar-refractivity contribution is -0.123. The zero-order valence-corrected chi connectivity index (χ0v) is 9.99.